The monoisotopic (exact) mass is 486 g/mol. The Bertz CT molecular complexity index is 1330. The number of ether oxygens (including phenoxy) is 3. The molecule has 11 nitrogen and oxygen atoms in total. The number of nitro groups is 1. The predicted octanol–water partition coefficient (Wildman–Crippen LogP) is 3.87. The molecule has 12 heteroatoms. The van der Waals surface area contributed by atoms with Gasteiger partial charge in [-0.3, -0.25) is 20.3 Å². The standard InChI is InChI=1S/C22H22N4O7S/c1-31-20-7-5-4-6-18(20)25-34(29,30)16-9-10-17(19(13-16)26(27)28)24-23-14-15-8-11-21(32-2)22(12-15)33-3/h4-14,24-25H,1-3H3. The zero-order chi connectivity index (χ0) is 24.7. The molecule has 3 aromatic carbocycles. The van der Waals surface area contributed by atoms with Gasteiger partial charge in [-0.15, -0.1) is 0 Å². The van der Waals surface area contributed by atoms with Crippen molar-refractivity contribution in [1.82, 2.24) is 0 Å². The third-order valence-electron chi connectivity index (χ3n) is 4.63. The van der Waals surface area contributed by atoms with Crippen LogP contribution >= 0.6 is 0 Å². The quantitative estimate of drug-likeness (QED) is 0.250. The molecule has 178 valence electrons. The van der Waals surface area contributed by atoms with E-state index in [0.717, 1.165) is 6.07 Å². The van der Waals surface area contributed by atoms with Crippen molar-refractivity contribution in [3.63, 3.8) is 0 Å². The molecule has 0 amide bonds. The van der Waals surface area contributed by atoms with E-state index < -0.39 is 20.6 Å². The molecule has 0 aliphatic carbocycles. The predicted molar refractivity (Wildman–Crippen MR) is 128 cm³/mol. The Morgan fingerprint density at radius 3 is 2.26 bits per heavy atom. The molecule has 0 bridgehead atoms. The van der Waals surface area contributed by atoms with Crippen LogP contribution in [-0.4, -0.2) is 40.9 Å². The summed E-state index contributed by atoms with van der Waals surface area (Å²) in [7, 11) is 0.295. The summed E-state index contributed by atoms with van der Waals surface area (Å²) >= 11 is 0. The highest BCUT2D eigenvalue weighted by Crippen LogP contribution is 2.31. The Morgan fingerprint density at radius 2 is 1.59 bits per heavy atom. The van der Waals surface area contributed by atoms with Crippen LogP contribution in [0.4, 0.5) is 17.1 Å². The topological polar surface area (TPSA) is 141 Å². The maximum absolute atomic E-state index is 12.8. The molecule has 0 unspecified atom stereocenters. The number of nitro benzene ring substituents is 1. The van der Waals surface area contributed by atoms with Crippen LogP contribution in [0.3, 0.4) is 0 Å². The van der Waals surface area contributed by atoms with Gasteiger partial charge in [-0.2, -0.15) is 5.10 Å². The lowest BCUT2D eigenvalue weighted by Gasteiger charge is -2.12. The number of nitrogens with one attached hydrogen (secondary N) is 2. The number of hydrazone groups is 1. The summed E-state index contributed by atoms with van der Waals surface area (Å²) in [4.78, 5) is 10.6. The molecule has 3 rings (SSSR count). The number of rotatable bonds is 10. The normalized spacial score (nSPS) is 11.1. The Hall–Kier alpha value is -4.32. The van der Waals surface area contributed by atoms with Gasteiger partial charge in [0.2, 0.25) is 0 Å². The molecule has 0 atom stereocenters. The van der Waals surface area contributed by atoms with Crippen LogP contribution in [0.1, 0.15) is 5.56 Å². The minimum Gasteiger partial charge on any atom is -0.495 e. The zero-order valence-corrected chi connectivity index (χ0v) is 19.3. The fourth-order valence-electron chi connectivity index (χ4n) is 2.97. The minimum absolute atomic E-state index is 0.0120. The van der Waals surface area contributed by atoms with Crippen LogP contribution in [0.5, 0.6) is 17.2 Å². The van der Waals surface area contributed by atoms with Crippen LogP contribution in [0.2, 0.25) is 0 Å². The molecule has 0 aromatic heterocycles. The molecule has 0 heterocycles. The van der Waals surface area contributed by atoms with E-state index in [4.69, 9.17) is 14.2 Å². The maximum Gasteiger partial charge on any atom is 0.295 e. The Kier molecular flexibility index (Phi) is 7.53. The summed E-state index contributed by atoms with van der Waals surface area (Å²) in [6.07, 6.45) is 1.43. The maximum atomic E-state index is 12.8. The highest BCUT2D eigenvalue weighted by molar-refractivity contribution is 7.92. The van der Waals surface area contributed by atoms with Crippen molar-refractivity contribution in [2.75, 3.05) is 31.5 Å². The molecular formula is C22H22N4O7S. The van der Waals surface area contributed by atoms with Gasteiger partial charge < -0.3 is 14.2 Å². The molecule has 0 saturated heterocycles. The van der Waals surface area contributed by atoms with Gasteiger partial charge in [-0.25, -0.2) is 8.42 Å². The molecule has 0 aliphatic rings. The SMILES string of the molecule is COc1ccccc1NS(=O)(=O)c1ccc(NN=Cc2ccc(OC)c(OC)c2)c([N+](=O)[O-])c1. The van der Waals surface area contributed by atoms with Crippen LogP contribution in [0, 0.1) is 10.1 Å². The number of methoxy groups -OCH3 is 3. The van der Waals surface area contributed by atoms with Crippen molar-refractivity contribution in [2.24, 2.45) is 5.10 Å². The van der Waals surface area contributed by atoms with Gasteiger partial charge in [0, 0.05) is 6.07 Å². The number of benzene rings is 3. The second kappa shape index (κ2) is 10.5. The van der Waals surface area contributed by atoms with Crippen molar-refractivity contribution in [1.29, 1.82) is 0 Å². The zero-order valence-electron chi connectivity index (χ0n) is 18.5. The third kappa shape index (κ3) is 5.53. The van der Waals surface area contributed by atoms with Gasteiger partial charge in [0.15, 0.2) is 11.5 Å². The van der Waals surface area contributed by atoms with Crippen molar-refractivity contribution in [2.45, 2.75) is 4.90 Å². The van der Waals surface area contributed by atoms with Gasteiger partial charge in [0.25, 0.3) is 15.7 Å². The minimum atomic E-state index is -4.12. The van der Waals surface area contributed by atoms with Gasteiger partial charge in [0.05, 0.1) is 43.1 Å². The summed E-state index contributed by atoms with van der Waals surface area (Å²) in [5, 5.41) is 15.6. The summed E-state index contributed by atoms with van der Waals surface area (Å²) < 4.78 is 43.5. The molecule has 0 radical (unpaired) electrons. The smallest absolute Gasteiger partial charge is 0.295 e. The largest absolute Gasteiger partial charge is 0.495 e. The average Bonchev–Trinajstić information content (AvgIpc) is 2.84. The van der Waals surface area contributed by atoms with E-state index in [2.05, 4.69) is 15.2 Å². The van der Waals surface area contributed by atoms with Crippen LogP contribution in [0.25, 0.3) is 0 Å². The lowest BCUT2D eigenvalue weighted by Crippen LogP contribution is -2.14. The molecule has 34 heavy (non-hydrogen) atoms. The van der Waals surface area contributed by atoms with Crippen molar-refractivity contribution < 1.29 is 27.6 Å². The van der Waals surface area contributed by atoms with E-state index >= 15 is 0 Å². The van der Waals surface area contributed by atoms with Gasteiger partial charge in [0.1, 0.15) is 11.4 Å². The summed E-state index contributed by atoms with van der Waals surface area (Å²) in [6.45, 7) is 0. The van der Waals surface area contributed by atoms with E-state index in [1.54, 1.807) is 36.4 Å². The van der Waals surface area contributed by atoms with Gasteiger partial charge in [-0.1, -0.05) is 12.1 Å². The van der Waals surface area contributed by atoms with E-state index in [-0.39, 0.29) is 16.3 Å². The number of anilines is 2. The van der Waals surface area contributed by atoms with E-state index in [1.165, 1.54) is 45.7 Å². The number of sulfonamides is 1. The molecule has 0 fully saturated rings. The highest BCUT2D eigenvalue weighted by Gasteiger charge is 2.22. The Balaban J connectivity index is 1.84. The Morgan fingerprint density at radius 1 is 0.882 bits per heavy atom. The van der Waals surface area contributed by atoms with Crippen LogP contribution in [-0.2, 0) is 10.0 Å². The molecular weight excluding hydrogens is 464 g/mol. The lowest BCUT2D eigenvalue weighted by atomic mass is 10.2. The first kappa shape index (κ1) is 24.3. The summed E-state index contributed by atoms with van der Waals surface area (Å²) in [5.74, 6) is 1.35. The first-order valence-electron chi connectivity index (χ1n) is 9.74. The first-order valence-corrected chi connectivity index (χ1v) is 11.2. The van der Waals surface area contributed by atoms with Crippen molar-refractivity contribution >= 4 is 33.3 Å². The van der Waals surface area contributed by atoms with E-state index in [0.29, 0.717) is 22.8 Å². The highest BCUT2D eigenvalue weighted by atomic mass is 32.2. The molecule has 0 saturated carbocycles. The van der Waals surface area contributed by atoms with Gasteiger partial charge in [-0.05, 0) is 48.0 Å². The number of para-hydroxylation sites is 2. The van der Waals surface area contributed by atoms with Crippen molar-refractivity contribution in [3.05, 3.63) is 76.3 Å². The fourth-order valence-corrected chi connectivity index (χ4v) is 4.06. The molecule has 0 spiro atoms. The van der Waals surface area contributed by atoms with Crippen LogP contribution < -0.4 is 24.4 Å². The van der Waals surface area contributed by atoms with Crippen molar-refractivity contribution in [3.8, 4) is 17.2 Å². The van der Waals surface area contributed by atoms with Crippen LogP contribution in [0.15, 0.2) is 70.7 Å². The average molecular weight is 487 g/mol. The number of hydrogen-bond acceptors (Lipinski definition) is 9. The molecule has 2 N–H and O–H groups in total. The second-order valence-electron chi connectivity index (χ2n) is 6.73. The first-order chi connectivity index (χ1) is 16.3. The van der Waals surface area contributed by atoms with E-state index in [1.807, 2.05) is 0 Å². The summed E-state index contributed by atoms with van der Waals surface area (Å²) in [5.41, 5.74) is 2.97. The number of hydrogen-bond donors (Lipinski definition) is 2. The molecule has 3 aromatic rings. The number of nitrogens with zero attached hydrogens (tertiary/aromatic N) is 2. The Labute approximate surface area is 196 Å². The van der Waals surface area contributed by atoms with E-state index in [9.17, 15) is 18.5 Å². The summed E-state index contributed by atoms with van der Waals surface area (Å²) in [6, 6.07) is 15.0. The second-order valence-corrected chi connectivity index (χ2v) is 8.41. The third-order valence-corrected chi connectivity index (χ3v) is 6.00. The lowest BCUT2D eigenvalue weighted by molar-refractivity contribution is -0.384. The fraction of sp³-hybridized carbons (Fsp3) is 0.136. The van der Waals surface area contributed by atoms with Gasteiger partial charge >= 0.3 is 0 Å². The molecule has 0 aliphatic heterocycles.